The number of aromatic amines is 1. The van der Waals surface area contributed by atoms with Crippen LogP contribution in [0.25, 0.3) is 10.9 Å². The van der Waals surface area contributed by atoms with Crippen LogP contribution in [0.5, 0.6) is 0 Å². The number of nitrogens with one attached hydrogen (secondary N) is 1. The molecule has 2 aromatic rings. The fourth-order valence-electron chi connectivity index (χ4n) is 1.28. The number of carbonyl (C=O) groups is 1. The van der Waals surface area contributed by atoms with E-state index in [4.69, 9.17) is 0 Å². The molecule has 2 rings (SSSR count). The number of halogens is 1. The first kappa shape index (κ1) is 8.55. The maximum absolute atomic E-state index is 11.2. The summed E-state index contributed by atoms with van der Waals surface area (Å²) in [6.45, 7) is 0. The number of hydrogen-bond acceptors (Lipinski definition) is 2. The summed E-state index contributed by atoms with van der Waals surface area (Å²) in [5.74, 6) is -0.321. The maximum atomic E-state index is 11.2. The van der Waals surface area contributed by atoms with Gasteiger partial charge in [-0.25, -0.2) is 4.79 Å². The van der Waals surface area contributed by atoms with Crippen molar-refractivity contribution in [1.82, 2.24) is 4.98 Å². The van der Waals surface area contributed by atoms with Crippen LogP contribution in [-0.2, 0) is 3.07 Å². The van der Waals surface area contributed by atoms with Crippen molar-refractivity contribution < 1.29 is 7.86 Å². The third-order valence-electron chi connectivity index (χ3n) is 1.88. The fraction of sp³-hybridized carbons (Fsp3) is 0. The van der Waals surface area contributed by atoms with E-state index < -0.39 is 0 Å². The zero-order valence-electron chi connectivity index (χ0n) is 6.58. The molecular weight excluding hydrogens is 281 g/mol. The van der Waals surface area contributed by atoms with Crippen LogP contribution in [0.15, 0.2) is 30.5 Å². The van der Waals surface area contributed by atoms with Gasteiger partial charge < -0.3 is 8.05 Å². The van der Waals surface area contributed by atoms with Crippen LogP contribution in [0.3, 0.4) is 0 Å². The van der Waals surface area contributed by atoms with Crippen molar-refractivity contribution in [2.24, 2.45) is 0 Å². The molecule has 1 aromatic heterocycles. The van der Waals surface area contributed by atoms with E-state index in [1.807, 2.05) is 24.3 Å². The van der Waals surface area contributed by atoms with Gasteiger partial charge >= 0.3 is 5.97 Å². The molecule has 1 heterocycles. The molecule has 0 amide bonds. The number of carbonyl (C=O) groups excluding carboxylic acids is 1. The van der Waals surface area contributed by atoms with Crippen molar-refractivity contribution in [2.75, 3.05) is 0 Å². The van der Waals surface area contributed by atoms with Crippen molar-refractivity contribution in [2.45, 2.75) is 0 Å². The van der Waals surface area contributed by atoms with E-state index >= 15 is 0 Å². The van der Waals surface area contributed by atoms with E-state index in [0.29, 0.717) is 5.56 Å². The molecular formula is C9H6INO2. The SMILES string of the molecule is O=C(OI)c1c[nH]c2ccccc12. The fourth-order valence-corrected chi connectivity index (χ4v) is 1.52. The average Bonchev–Trinajstić information content (AvgIpc) is 2.60. The predicted molar refractivity (Wildman–Crippen MR) is 57.7 cm³/mol. The Morgan fingerprint density at radius 2 is 2.15 bits per heavy atom. The Morgan fingerprint density at radius 3 is 2.92 bits per heavy atom. The van der Waals surface area contributed by atoms with E-state index in [1.54, 1.807) is 29.2 Å². The predicted octanol–water partition coefficient (Wildman–Crippen LogP) is 2.67. The monoisotopic (exact) mass is 287 g/mol. The number of hydrogen-bond donors (Lipinski definition) is 1. The van der Waals surface area contributed by atoms with Gasteiger partial charge in [-0.3, -0.25) is 0 Å². The van der Waals surface area contributed by atoms with Gasteiger partial charge in [-0.1, -0.05) is 18.2 Å². The molecule has 0 fully saturated rings. The maximum Gasteiger partial charge on any atom is 0.349 e. The van der Waals surface area contributed by atoms with Gasteiger partial charge in [0.2, 0.25) is 0 Å². The molecule has 1 aromatic carbocycles. The topological polar surface area (TPSA) is 42.1 Å². The van der Waals surface area contributed by atoms with Crippen molar-refractivity contribution in [1.29, 1.82) is 0 Å². The van der Waals surface area contributed by atoms with Crippen LogP contribution < -0.4 is 0 Å². The third-order valence-corrected chi connectivity index (χ3v) is 2.28. The van der Waals surface area contributed by atoms with Crippen molar-refractivity contribution in [3.05, 3.63) is 36.0 Å². The highest BCUT2D eigenvalue weighted by Crippen LogP contribution is 2.18. The van der Waals surface area contributed by atoms with Gasteiger partial charge in [-0.15, -0.1) is 0 Å². The highest BCUT2D eigenvalue weighted by molar-refractivity contribution is 14.1. The molecule has 0 aliphatic heterocycles. The highest BCUT2D eigenvalue weighted by atomic mass is 127. The Balaban J connectivity index is 2.64. The Hall–Kier alpha value is -1.04. The quantitative estimate of drug-likeness (QED) is 0.819. The molecule has 0 bridgehead atoms. The molecule has 0 aliphatic rings. The van der Waals surface area contributed by atoms with Gasteiger partial charge in [0.05, 0.1) is 5.56 Å². The molecule has 0 atom stereocenters. The van der Waals surface area contributed by atoms with Gasteiger partial charge in [-0.2, -0.15) is 0 Å². The summed E-state index contributed by atoms with van der Waals surface area (Å²) in [6.07, 6.45) is 1.66. The van der Waals surface area contributed by atoms with Crippen LogP contribution in [0.2, 0.25) is 0 Å². The minimum atomic E-state index is -0.321. The molecule has 0 saturated carbocycles. The summed E-state index contributed by atoms with van der Waals surface area (Å²) in [5.41, 5.74) is 1.52. The lowest BCUT2D eigenvalue weighted by molar-refractivity contribution is 0.0802. The molecule has 0 saturated heterocycles. The molecule has 66 valence electrons. The minimum absolute atomic E-state index is 0.321. The summed E-state index contributed by atoms with van der Waals surface area (Å²) in [6, 6.07) is 7.60. The average molecular weight is 287 g/mol. The van der Waals surface area contributed by atoms with Gasteiger partial charge in [0.25, 0.3) is 0 Å². The normalized spacial score (nSPS) is 10.2. The summed E-state index contributed by atoms with van der Waals surface area (Å²) in [5, 5.41) is 0.893. The minimum Gasteiger partial charge on any atom is -0.391 e. The molecule has 13 heavy (non-hydrogen) atoms. The van der Waals surface area contributed by atoms with Crippen LogP contribution in [0.1, 0.15) is 10.4 Å². The van der Waals surface area contributed by atoms with E-state index in [9.17, 15) is 4.79 Å². The van der Waals surface area contributed by atoms with Gasteiger partial charge in [0.1, 0.15) is 0 Å². The van der Waals surface area contributed by atoms with E-state index in [-0.39, 0.29) is 5.97 Å². The van der Waals surface area contributed by atoms with Crippen molar-refractivity contribution in [3.63, 3.8) is 0 Å². The van der Waals surface area contributed by atoms with Crippen molar-refractivity contribution in [3.8, 4) is 0 Å². The van der Waals surface area contributed by atoms with E-state index in [0.717, 1.165) is 10.9 Å². The zero-order chi connectivity index (χ0) is 9.26. The summed E-state index contributed by atoms with van der Waals surface area (Å²) in [7, 11) is 0. The smallest absolute Gasteiger partial charge is 0.349 e. The molecule has 0 spiro atoms. The number of H-pyrrole nitrogens is 1. The third kappa shape index (κ3) is 1.41. The molecule has 0 unspecified atom stereocenters. The van der Waals surface area contributed by atoms with Crippen LogP contribution in [0.4, 0.5) is 0 Å². The number of para-hydroxylation sites is 1. The Kier molecular flexibility index (Phi) is 2.22. The van der Waals surface area contributed by atoms with Gasteiger partial charge in [0.15, 0.2) is 23.0 Å². The Morgan fingerprint density at radius 1 is 1.38 bits per heavy atom. The first-order valence-electron chi connectivity index (χ1n) is 3.72. The van der Waals surface area contributed by atoms with Crippen LogP contribution in [-0.4, -0.2) is 11.0 Å². The number of fused-ring (bicyclic) bond motifs is 1. The lowest BCUT2D eigenvalue weighted by atomic mass is 10.2. The molecule has 0 aliphatic carbocycles. The highest BCUT2D eigenvalue weighted by Gasteiger charge is 2.11. The van der Waals surface area contributed by atoms with Gasteiger partial charge in [-0.05, 0) is 6.07 Å². The Bertz CT molecular complexity index is 450. The molecule has 3 nitrogen and oxygen atoms in total. The van der Waals surface area contributed by atoms with Crippen molar-refractivity contribution >= 4 is 39.9 Å². The number of benzene rings is 1. The summed E-state index contributed by atoms with van der Waals surface area (Å²) >= 11 is 1.58. The van der Waals surface area contributed by atoms with Crippen LogP contribution >= 0.6 is 23.0 Å². The van der Waals surface area contributed by atoms with E-state index in [1.165, 1.54) is 0 Å². The standard InChI is InChI=1S/C9H6INO2/c10-13-9(12)7-5-11-8-4-2-1-3-6(7)8/h1-5,11H. The second-order valence-electron chi connectivity index (χ2n) is 2.61. The second kappa shape index (κ2) is 3.37. The first-order valence-corrected chi connectivity index (χ1v) is 4.60. The molecule has 4 heteroatoms. The lowest BCUT2D eigenvalue weighted by Gasteiger charge is -1.93. The second-order valence-corrected chi connectivity index (χ2v) is 3.05. The molecule has 1 N–H and O–H groups in total. The molecule has 0 radical (unpaired) electrons. The summed E-state index contributed by atoms with van der Waals surface area (Å²) < 4.78 is 4.61. The lowest BCUT2D eigenvalue weighted by Crippen LogP contribution is -1.95. The number of aromatic nitrogens is 1. The first-order chi connectivity index (χ1) is 6.33. The largest absolute Gasteiger partial charge is 0.391 e. The van der Waals surface area contributed by atoms with E-state index in [2.05, 4.69) is 8.05 Å². The zero-order valence-corrected chi connectivity index (χ0v) is 8.74. The number of rotatable bonds is 1. The van der Waals surface area contributed by atoms with Gasteiger partial charge in [0, 0.05) is 17.1 Å². The van der Waals surface area contributed by atoms with Crippen LogP contribution in [0, 0.1) is 0 Å². The summed E-state index contributed by atoms with van der Waals surface area (Å²) in [4.78, 5) is 14.2. The Labute approximate surface area is 88.8 Å².